The SMILES string of the molecule is C/C(=C\C1CCCCC1)C1=NC(C)(C)CO1. The van der Waals surface area contributed by atoms with Gasteiger partial charge in [-0.05, 0) is 39.5 Å². The van der Waals surface area contributed by atoms with Gasteiger partial charge in [0.15, 0.2) is 0 Å². The van der Waals surface area contributed by atoms with Crippen molar-refractivity contribution in [2.24, 2.45) is 10.9 Å². The summed E-state index contributed by atoms with van der Waals surface area (Å²) in [6, 6.07) is 0. The van der Waals surface area contributed by atoms with Crippen LogP contribution in [0.5, 0.6) is 0 Å². The lowest BCUT2D eigenvalue weighted by atomic mass is 9.88. The number of allylic oxidation sites excluding steroid dienone is 1. The first-order chi connectivity index (χ1) is 7.57. The minimum absolute atomic E-state index is 0.0308. The molecule has 0 bridgehead atoms. The first-order valence-corrected chi connectivity index (χ1v) is 6.48. The number of hydrogen-bond donors (Lipinski definition) is 0. The monoisotopic (exact) mass is 221 g/mol. The first-order valence-electron chi connectivity index (χ1n) is 6.48. The topological polar surface area (TPSA) is 21.6 Å². The molecule has 1 heterocycles. The molecule has 0 atom stereocenters. The normalized spacial score (nSPS) is 26.4. The summed E-state index contributed by atoms with van der Waals surface area (Å²) < 4.78 is 5.65. The Labute approximate surface area is 98.8 Å². The summed E-state index contributed by atoms with van der Waals surface area (Å²) in [5.41, 5.74) is 1.20. The minimum atomic E-state index is -0.0308. The molecular formula is C14H23NO. The molecule has 2 nitrogen and oxygen atoms in total. The average molecular weight is 221 g/mol. The molecule has 0 saturated heterocycles. The third-order valence-electron chi connectivity index (χ3n) is 3.44. The van der Waals surface area contributed by atoms with Crippen LogP contribution >= 0.6 is 0 Å². The summed E-state index contributed by atoms with van der Waals surface area (Å²) in [7, 11) is 0. The molecule has 0 aromatic heterocycles. The quantitative estimate of drug-likeness (QED) is 0.696. The summed E-state index contributed by atoms with van der Waals surface area (Å²) >= 11 is 0. The third-order valence-corrected chi connectivity index (χ3v) is 3.44. The van der Waals surface area contributed by atoms with Crippen LogP contribution in [0.3, 0.4) is 0 Å². The maximum absolute atomic E-state index is 5.65. The van der Waals surface area contributed by atoms with Crippen LogP contribution in [0.1, 0.15) is 52.9 Å². The van der Waals surface area contributed by atoms with Crippen molar-refractivity contribution in [2.45, 2.75) is 58.4 Å². The van der Waals surface area contributed by atoms with Gasteiger partial charge in [0, 0.05) is 5.57 Å². The van der Waals surface area contributed by atoms with E-state index in [-0.39, 0.29) is 5.54 Å². The standard InChI is InChI=1S/C14H23NO/c1-11(9-12-7-5-4-6-8-12)13-15-14(2,3)10-16-13/h9,12H,4-8,10H2,1-3H3/b11-9+. The van der Waals surface area contributed by atoms with Crippen molar-refractivity contribution in [1.82, 2.24) is 0 Å². The predicted octanol–water partition coefficient (Wildman–Crippen LogP) is 3.72. The van der Waals surface area contributed by atoms with Gasteiger partial charge in [0.25, 0.3) is 0 Å². The maximum Gasteiger partial charge on any atom is 0.211 e. The molecule has 0 unspecified atom stereocenters. The summed E-state index contributed by atoms with van der Waals surface area (Å²) in [5.74, 6) is 1.62. The number of rotatable bonds is 2. The maximum atomic E-state index is 5.65. The Balaban J connectivity index is 2.01. The molecule has 0 spiro atoms. The summed E-state index contributed by atoms with van der Waals surface area (Å²) in [4.78, 5) is 4.61. The van der Waals surface area contributed by atoms with Crippen molar-refractivity contribution in [3.8, 4) is 0 Å². The van der Waals surface area contributed by atoms with Crippen LogP contribution in [-0.2, 0) is 4.74 Å². The van der Waals surface area contributed by atoms with E-state index in [1.54, 1.807) is 0 Å². The fourth-order valence-corrected chi connectivity index (χ4v) is 2.51. The van der Waals surface area contributed by atoms with Gasteiger partial charge < -0.3 is 4.74 Å². The van der Waals surface area contributed by atoms with Crippen LogP contribution in [0.2, 0.25) is 0 Å². The Morgan fingerprint density at radius 2 is 2.00 bits per heavy atom. The van der Waals surface area contributed by atoms with Crippen molar-refractivity contribution in [2.75, 3.05) is 6.61 Å². The molecule has 0 aromatic rings. The van der Waals surface area contributed by atoms with Crippen molar-refractivity contribution in [1.29, 1.82) is 0 Å². The smallest absolute Gasteiger partial charge is 0.211 e. The van der Waals surface area contributed by atoms with E-state index >= 15 is 0 Å². The van der Waals surface area contributed by atoms with E-state index in [9.17, 15) is 0 Å². The number of ether oxygens (including phenoxy) is 1. The average Bonchev–Trinajstić information content (AvgIpc) is 2.60. The molecule has 2 rings (SSSR count). The molecular weight excluding hydrogens is 198 g/mol. The van der Waals surface area contributed by atoms with E-state index in [0.717, 1.165) is 18.4 Å². The van der Waals surface area contributed by atoms with Crippen LogP contribution in [0.4, 0.5) is 0 Å². The number of hydrogen-bond acceptors (Lipinski definition) is 2. The van der Waals surface area contributed by atoms with E-state index in [2.05, 4.69) is 31.8 Å². The second-order valence-corrected chi connectivity index (χ2v) is 5.77. The molecule has 90 valence electrons. The van der Waals surface area contributed by atoms with E-state index in [0.29, 0.717) is 0 Å². The van der Waals surface area contributed by atoms with Gasteiger partial charge in [0.1, 0.15) is 6.61 Å². The number of aliphatic imine (C=N–C) groups is 1. The second-order valence-electron chi connectivity index (χ2n) is 5.77. The van der Waals surface area contributed by atoms with Gasteiger partial charge in [-0.1, -0.05) is 25.3 Å². The van der Waals surface area contributed by atoms with Gasteiger partial charge in [-0.15, -0.1) is 0 Å². The van der Waals surface area contributed by atoms with Crippen LogP contribution in [-0.4, -0.2) is 18.0 Å². The van der Waals surface area contributed by atoms with Crippen molar-refractivity contribution >= 4 is 5.90 Å². The minimum Gasteiger partial charge on any atom is -0.475 e. The highest BCUT2D eigenvalue weighted by atomic mass is 16.5. The van der Waals surface area contributed by atoms with Gasteiger partial charge >= 0.3 is 0 Å². The van der Waals surface area contributed by atoms with Crippen molar-refractivity contribution in [3.63, 3.8) is 0 Å². The highest BCUT2D eigenvalue weighted by Gasteiger charge is 2.27. The molecule has 0 radical (unpaired) electrons. The molecule has 0 aromatic carbocycles. The van der Waals surface area contributed by atoms with Gasteiger partial charge in [-0.2, -0.15) is 0 Å². The van der Waals surface area contributed by atoms with Crippen LogP contribution in [0.15, 0.2) is 16.6 Å². The van der Waals surface area contributed by atoms with Crippen LogP contribution in [0.25, 0.3) is 0 Å². The second kappa shape index (κ2) is 4.60. The zero-order valence-corrected chi connectivity index (χ0v) is 10.8. The Morgan fingerprint density at radius 3 is 2.56 bits per heavy atom. The molecule has 0 amide bonds. The summed E-state index contributed by atoms with van der Waals surface area (Å²) in [6.45, 7) is 7.09. The van der Waals surface area contributed by atoms with Crippen molar-refractivity contribution in [3.05, 3.63) is 11.6 Å². The predicted molar refractivity (Wildman–Crippen MR) is 67.8 cm³/mol. The Morgan fingerprint density at radius 1 is 1.31 bits per heavy atom. The zero-order valence-electron chi connectivity index (χ0n) is 10.8. The molecule has 1 fully saturated rings. The fraction of sp³-hybridized carbons (Fsp3) is 0.786. The van der Waals surface area contributed by atoms with E-state index in [4.69, 9.17) is 4.74 Å². The first kappa shape index (κ1) is 11.7. The van der Waals surface area contributed by atoms with Gasteiger partial charge in [-0.3, -0.25) is 0 Å². The molecule has 1 saturated carbocycles. The highest BCUT2D eigenvalue weighted by Crippen LogP contribution is 2.27. The zero-order chi connectivity index (χ0) is 11.6. The Bertz CT molecular complexity index is 309. The van der Waals surface area contributed by atoms with E-state index < -0.39 is 0 Å². The molecule has 2 heteroatoms. The highest BCUT2D eigenvalue weighted by molar-refractivity contribution is 5.94. The van der Waals surface area contributed by atoms with Crippen LogP contribution in [0, 0.1) is 5.92 Å². The summed E-state index contributed by atoms with van der Waals surface area (Å²) in [6.07, 6.45) is 9.23. The Kier molecular flexibility index (Phi) is 3.36. The largest absolute Gasteiger partial charge is 0.475 e. The van der Waals surface area contributed by atoms with Crippen LogP contribution < -0.4 is 0 Å². The van der Waals surface area contributed by atoms with Gasteiger partial charge in [0.05, 0.1) is 5.54 Å². The van der Waals surface area contributed by atoms with Crippen molar-refractivity contribution < 1.29 is 4.74 Å². The lowest BCUT2D eigenvalue weighted by Gasteiger charge is -2.18. The third kappa shape index (κ3) is 2.87. The Hall–Kier alpha value is -0.790. The molecule has 1 aliphatic carbocycles. The molecule has 1 aliphatic heterocycles. The lowest BCUT2D eigenvalue weighted by molar-refractivity contribution is 0.279. The molecule has 2 aliphatic rings. The molecule has 16 heavy (non-hydrogen) atoms. The van der Waals surface area contributed by atoms with E-state index in [1.165, 1.54) is 37.7 Å². The fourth-order valence-electron chi connectivity index (χ4n) is 2.51. The lowest BCUT2D eigenvalue weighted by Crippen LogP contribution is -2.17. The molecule has 0 N–H and O–H groups in total. The van der Waals surface area contributed by atoms with E-state index in [1.807, 2.05) is 0 Å². The van der Waals surface area contributed by atoms with Gasteiger partial charge in [0.2, 0.25) is 5.90 Å². The summed E-state index contributed by atoms with van der Waals surface area (Å²) in [5, 5.41) is 0. The number of nitrogens with zero attached hydrogens (tertiary/aromatic N) is 1. The van der Waals surface area contributed by atoms with Gasteiger partial charge in [-0.25, -0.2) is 4.99 Å².